The summed E-state index contributed by atoms with van der Waals surface area (Å²) in [4.78, 5) is 12.3. The van der Waals surface area contributed by atoms with E-state index in [2.05, 4.69) is 10.5 Å². The molecule has 1 aliphatic carbocycles. The van der Waals surface area contributed by atoms with Crippen molar-refractivity contribution in [3.05, 3.63) is 35.4 Å². The average molecular weight is 278 g/mol. The Morgan fingerprint density at radius 3 is 2.85 bits per heavy atom. The van der Waals surface area contributed by atoms with Crippen LogP contribution in [0.5, 0.6) is 0 Å². The molecule has 1 aromatic rings. The van der Waals surface area contributed by atoms with Gasteiger partial charge in [-0.05, 0) is 24.0 Å². The third-order valence-corrected chi connectivity index (χ3v) is 4.05. The minimum Gasteiger partial charge on any atom is -0.306 e. The third-order valence-electron chi connectivity index (χ3n) is 4.05. The molecule has 5 heteroatoms. The van der Waals surface area contributed by atoms with Gasteiger partial charge in [-0.25, -0.2) is 8.78 Å². The smallest absolute Gasteiger partial charge is 0.167 e. The van der Waals surface area contributed by atoms with Crippen LogP contribution < -0.4 is 5.43 Å². The molecule has 106 valence electrons. The number of carbonyl (C=O) groups is 1. The lowest BCUT2D eigenvalue weighted by molar-refractivity contribution is -0.126. The van der Waals surface area contributed by atoms with Crippen LogP contribution in [-0.4, -0.2) is 17.5 Å². The lowest BCUT2D eigenvalue weighted by Crippen LogP contribution is -2.45. The Balaban J connectivity index is 1.98. The number of ketones is 1. The highest BCUT2D eigenvalue weighted by atomic mass is 19.2. The van der Waals surface area contributed by atoms with Crippen LogP contribution in [0.2, 0.25) is 0 Å². The first-order chi connectivity index (χ1) is 9.39. The van der Waals surface area contributed by atoms with Gasteiger partial charge in [-0.15, -0.1) is 0 Å². The van der Waals surface area contributed by atoms with Gasteiger partial charge >= 0.3 is 0 Å². The maximum Gasteiger partial charge on any atom is 0.167 e. The Kier molecular flexibility index (Phi) is 2.88. The zero-order chi connectivity index (χ0) is 14.5. The average Bonchev–Trinajstić information content (AvgIpc) is 2.74. The monoisotopic (exact) mass is 278 g/mol. The van der Waals surface area contributed by atoms with Gasteiger partial charge in [-0.1, -0.05) is 19.9 Å². The lowest BCUT2D eigenvalue weighted by atomic mass is 9.68. The third kappa shape index (κ3) is 2.01. The van der Waals surface area contributed by atoms with E-state index >= 15 is 0 Å². The molecule has 1 aliphatic heterocycles. The van der Waals surface area contributed by atoms with Gasteiger partial charge in [0.05, 0.1) is 17.7 Å². The Morgan fingerprint density at radius 1 is 1.35 bits per heavy atom. The summed E-state index contributed by atoms with van der Waals surface area (Å²) in [5.74, 6) is -2.29. The Bertz CT molecular complexity index is 610. The van der Waals surface area contributed by atoms with Crippen LogP contribution in [0.15, 0.2) is 23.3 Å². The molecule has 2 aliphatic rings. The zero-order valence-electron chi connectivity index (χ0n) is 11.4. The van der Waals surface area contributed by atoms with Crippen LogP contribution in [0.1, 0.15) is 32.3 Å². The first-order valence-electron chi connectivity index (χ1n) is 6.69. The van der Waals surface area contributed by atoms with Gasteiger partial charge in [-0.3, -0.25) is 4.79 Å². The second-order valence-corrected chi connectivity index (χ2v) is 6.32. The van der Waals surface area contributed by atoms with E-state index in [1.807, 2.05) is 13.8 Å². The summed E-state index contributed by atoms with van der Waals surface area (Å²) in [6.45, 7) is 4.06. The molecule has 1 fully saturated rings. The summed E-state index contributed by atoms with van der Waals surface area (Å²) in [7, 11) is 0. The van der Waals surface area contributed by atoms with Crippen molar-refractivity contribution in [3.63, 3.8) is 0 Å². The van der Waals surface area contributed by atoms with Gasteiger partial charge in [0.15, 0.2) is 11.6 Å². The largest absolute Gasteiger partial charge is 0.306 e. The van der Waals surface area contributed by atoms with Gasteiger partial charge < -0.3 is 5.43 Å². The minimum absolute atomic E-state index is 0.0404. The molecule has 1 heterocycles. The van der Waals surface area contributed by atoms with Gasteiger partial charge in [0.1, 0.15) is 5.78 Å². The standard InChI is InChI=1S/C15H16F2N2O/c1-15(2)6-10-12(11(20)7-15)14(19-18-10)8-4-3-5-9(16)13(8)17/h3-5,10,12,18H,6-7H2,1-2H3. The number of halogens is 2. The Hall–Kier alpha value is -1.78. The lowest BCUT2D eigenvalue weighted by Gasteiger charge is -2.36. The number of fused-ring (bicyclic) bond motifs is 1. The molecule has 0 amide bonds. The number of carbonyl (C=O) groups excluding carboxylic acids is 1. The van der Waals surface area contributed by atoms with Crippen molar-refractivity contribution < 1.29 is 13.6 Å². The minimum atomic E-state index is -0.939. The highest BCUT2D eigenvalue weighted by molar-refractivity contribution is 6.15. The predicted molar refractivity (Wildman–Crippen MR) is 71.3 cm³/mol. The Morgan fingerprint density at radius 2 is 2.10 bits per heavy atom. The normalized spacial score (nSPS) is 27.8. The fourth-order valence-electron chi connectivity index (χ4n) is 3.21. The summed E-state index contributed by atoms with van der Waals surface area (Å²) >= 11 is 0. The van der Waals surface area contributed by atoms with Gasteiger partial charge in [-0.2, -0.15) is 5.10 Å². The molecule has 1 aromatic carbocycles. The molecular formula is C15H16F2N2O. The molecule has 2 atom stereocenters. The quantitative estimate of drug-likeness (QED) is 0.858. The molecule has 0 bridgehead atoms. The molecule has 3 nitrogen and oxygen atoms in total. The highest BCUT2D eigenvalue weighted by Gasteiger charge is 2.46. The number of benzene rings is 1. The number of Topliss-reactive ketones (excluding diaryl/α,β-unsaturated/α-hetero) is 1. The number of hydrazone groups is 1. The number of rotatable bonds is 1. The van der Waals surface area contributed by atoms with E-state index in [0.717, 1.165) is 12.5 Å². The van der Waals surface area contributed by atoms with Crippen molar-refractivity contribution in [2.75, 3.05) is 0 Å². The molecule has 20 heavy (non-hydrogen) atoms. The van der Waals surface area contributed by atoms with Gasteiger partial charge in [0, 0.05) is 12.0 Å². The van der Waals surface area contributed by atoms with E-state index in [1.54, 1.807) is 0 Å². The van der Waals surface area contributed by atoms with E-state index in [9.17, 15) is 13.6 Å². The Labute approximate surface area is 116 Å². The fraction of sp³-hybridized carbons (Fsp3) is 0.467. The molecule has 3 rings (SSSR count). The summed E-state index contributed by atoms with van der Waals surface area (Å²) in [6.07, 6.45) is 1.22. The van der Waals surface area contributed by atoms with Crippen molar-refractivity contribution >= 4 is 11.5 Å². The van der Waals surface area contributed by atoms with E-state index in [-0.39, 0.29) is 22.8 Å². The summed E-state index contributed by atoms with van der Waals surface area (Å²) in [5, 5.41) is 4.11. The van der Waals surface area contributed by atoms with E-state index in [1.165, 1.54) is 12.1 Å². The van der Waals surface area contributed by atoms with Crippen LogP contribution in [0, 0.1) is 23.0 Å². The van der Waals surface area contributed by atoms with E-state index in [4.69, 9.17) is 0 Å². The second-order valence-electron chi connectivity index (χ2n) is 6.32. The maximum atomic E-state index is 13.9. The summed E-state index contributed by atoms with van der Waals surface area (Å²) in [6, 6.07) is 3.84. The van der Waals surface area contributed by atoms with E-state index in [0.29, 0.717) is 12.1 Å². The molecule has 1 N–H and O–H groups in total. The van der Waals surface area contributed by atoms with Crippen LogP contribution in [0.3, 0.4) is 0 Å². The van der Waals surface area contributed by atoms with Crippen molar-refractivity contribution in [2.45, 2.75) is 32.7 Å². The number of hydrogen-bond donors (Lipinski definition) is 1. The molecule has 1 saturated carbocycles. The fourth-order valence-corrected chi connectivity index (χ4v) is 3.21. The maximum absolute atomic E-state index is 13.9. The van der Waals surface area contributed by atoms with Gasteiger partial charge in [0.2, 0.25) is 0 Å². The predicted octanol–water partition coefficient (Wildman–Crippen LogP) is 2.65. The van der Waals surface area contributed by atoms with Crippen molar-refractivity contribution in [1.82, 2.24) is 5.43 Å². The van der Waals surface area contributed by atoms with Crippen molar-refractivity contribution in [1.29, 1.82) is 0 Å². The molecule has 0 saturated heterocycles. The summed E-state index contributed by atoms with van der Waals surface area (Å²) in [5.41, 5.74) is 3.24. The van der Waals surface area contributed by atoms with E-state index < -0.39 is 17.6 Å². The first-order valence-corrected chi connectivity index (χ1v) is 6.69. The molecule has 0 radical (unpaired) electrons. The molecule has 0 spiro atoms. The van der Waals surface area contributed by atoms with Crippen molar-refractivity contribution in [2.24, 2.45) is 16.4 Å². The van der Waals surface area contributed by atoms with Crippen LogP contribution in [-0.2, 0) is 4.79 Å². The van der Waals surface area contributed by atoms with Crippen LogP contribution in [0.25, 0.3) is 0 Å². The molecule has 2 unspecified atom stereocenters. The number of hydrogen-bond acceptors (Lipinski definition) is 3. The first kappa shape index (κ1) is 13.2. The topological polar surface area (TPSA) is 41.5 Å². The number of nitrogens with one attached hydrogen (secondary N) is 1. The second kappa shape index (κ2) is 4.36. The summed E-state index contributed by atoms with van der Waals surface area (Å²) < 4.78 is 27.2. The van der Waals surface area contributed by atoms with Crippen LogP contribution in [0.4, 0.5) is 8.78 Å². The van der Waals surface area contributed by atoms with Gasteiger partial charge in [0.25, 0.3) is 0 Å². The zero-order valence-corrected chi connectivity index (χ0v) is 11.4. The van der Waals surface area contributed by atoms with Crippen molar-refractivity contribution in [3.8, 4) is 0 Å². The SMILES string of the molecule is CC1(C)CC(=O)C2C(c3cccc(F)c3F)=NNC2C1. The highest BCUT2D eigenvalue weighted by Crippen LogP contribution is 2.39. The molecular weight excluding hydrogens is 262 g/mol. The number of nitrogens with zero attached hydrogens (tertiary/aromatic N) is 1. The molecule has 0 aromatic heterocycles. The van der Waals surface area contributed by atoms with Crippen LogP contribution >= 0.6 is 0 Å².